The minimum Gasteiger partial charge on any atom is -0.390 e. The Hall–Kier alpha value is -1.91. The Morgan fingerprint density at radius 3 is 2.95 bits per heavy atom. The first-order chi connectivity index (χ1) is 9.66. The molecule has 102 valence electrons. The molecule has 2 N–H and O–H groups in total. The van der Waals surface area contributed by atoms with Crippen molar-refractivity contribution < 1.29 is 9.90 Å². The van der Waals surface area contributed by atoms with Crippen LogP contribution in [0, 0.1) is 0 Å². The van der Waals surface area contributed by atoms with Gasteiger partial charge in [0, 0.05) is 18.8 Å². The number of hydrogen-bond acceptors (Lipinski definition) is 3. The first-order valence-corrected chi connectivity index (χ1v) is 6.71. The Bertz CT molecular complexity index is 660. The van der Waals surface area contributed by atoms with Crippen molar-refractivity contribution in [1.29, 1.82) is 0 Å². The lowest BCUT2D eigenvalue weighted by Crippen LogP contribution is -2.34. The standard InChI is InChI=1S/C15H13ClN2O2/c16-12-8-17-6-5-11(12)15(20)18-14-10-4-2-1-3-9(10)7-13(14)19/h1-6,8,13-14,19H,7H2,(H,18,20)/t13-,14+/m0/s1. The molecule has 20 heavy (non-hydrogen) atoms. The summed E-state index contributed by atoms with van der Waals surface area (Å²) < 4.78 is 0. The Morgan fingerprint density at radius 1 is 1.35 bits per heavy atom. The molecule has 1 aromatic carbocycles. The van der Waals surface area contributed by atoms with E-state index in [9.17, 15) is 9.90 Å². The maximum Gasteiger partial charge on any atom is 0.253 e. The molecule has 2 aromatic rings. The Kier molecular flexibility index (Phi) is 3.42. The van der Waals surface area contributed by atoms with Gasteiger partial charge in [-0.05, 0) is 17.2 Å². The number of carbonyl (C=O) groups excluding carboxylic acids is 1. The largest absolute Gasteiger partial charge is 0.390 e. The predicted octanol–water partition coefficient (Wildman–Crippen LogP) is 2.12. The van der Waals surface area contributed by atoms with Gasteiger partial charge in [-0.25, -0.2) is 0 Å². The van der Waals surface area contributed by atoms with E-state index in [1.165, 1.54) is 12.4 Å². The van der Waals surface area contributed by atoms with Crippen molar-refractivity contribution in [3.05, 3.63) is 64.4 Å². The van der Waals surface area contributed by atoms with E-state index in [0.29, 0.717) is 17.0 Å². The molecule has 0 spiro atoms. The highest BCUT2D eigenvalue weighted by Gasteiger charge is 2.32. The summed E-state index contributed by atoms with van der Waals surface area (Å²) in [7, 11) is 0. The topological polar surface area (TPSA) is 62.2 Å². The fourth-order valence-electron chi connectivity index (χ4n) is 2.53. The lowest BCUT2D eigenvalue weighted by molar-refractivity contribution is 0.0858. The van der Waals surface area contributed by atoms with Crippen LogP contribution in [-0.4, -0.2) is 22.1 Å². The van der Waals surface area contributed by atoms with E-state index in [1.54, 1.807) is 6.07 Å². The Morgan fingerprint density at radius 2 is 2.15 bits per heavy atom. The molecule has 0 bridgehead atoms. The van der Waals surface area contributed by atoms with Gasteiger partial charge in [-0.3, -0.25) is 9.78 Å². The summed E-state index contributed by atoms with van der Waals surface area (Å²) in [4.78, 5) is 16.1. The maximum atomic E-state index is 12.2. The third-order valence-electron chi connectivity index (χ3n) is 3.51. The zero-order chi connectivity index (χ0) is 14.1. The van der Waals surface area contributed by atoms with Gasteiger partial charge in [0.2, 0.25) is 0 Å². The van der Waals surface area contributed by atoms with Crippen molar-refractivity contribution in [2.75, 3.05) is 0 Å². The van der Waals surface area contributed by atoms with Crippen molar-refractivity contribution in [2.24, 2.45) is 0 Å². The zero-order valence-corrected chi connectivity index (χ0v) is 11.3. The van der Waals surface area contributed by atoms with Crippen LogP contribution in [0.3, 0.4) is 0 Å². The lowest BCUT2D eigenvalue weighted by Gasteiger charge is -2.18. The van der Waals surface area contributed by atoms with Crippen LogP contribution in [0.2, 0.25) is 5.02 Å². The summed E-state index contributed by atoms with van der Waals surface area (Å²) in [6, 6.07) is 8.87. The van der Waals surface area contributed by atoms with Crippen LogP contribution in [0.15, 0.2) is 42.7 Å². The number of aromatic nitrogens is 1. The highest BCUT2D eigenvalue weighted by atomic mass is 35.5. The second kappa shape index (κ2) is 5.23. The zero-order valence-electron chi connectivity index (χ0n) is 10.6. The number of carbonyl (C=O) groups is 1. The van der Waals surface area contributed by atoms with Crippen LogP contribution in [0.1, 0.15) is 27.5 Å². The lowest BCUT2D eigenvalue weighted by atomic mass is 10.1. The van der Waals surface area contributed by atoms with E-state index in [4.69, 9.17) is 11.6 Å². The minimum absolute atomic E-state index is 0.297. The number of amides is 1. The molecule has 4 nitrogen and oxygen atoms in total. The van der Waals surface area contributed by atoms with E-state index < -0.39 is 12.1 Å². The quantitative estimate of drug-likeness (QED) is 0.890. The van der Waals surface area contributed by atoms with Gasteiger partial charge in [-0.2, -0.15) is 0 Å². The van der Waals surface area contributed by atoms with Crippen molar-refractivity contribution >= 4 is 17.5 Å². The monoisotopic (exact) mass is 288 g/mol. The third-order valence-corrected chi connectivity index (χ3v) is 3.81. The van der Waals surface area contributed by atoms with Gasteiger partial charge < -0.3 is 10.4 Å². The van der Waals surface area contributed by atoms with Crippen LogP contribution in [0.5, 0.6) is 0 Å². The molecule has 0 saturated heterocycles. The van der Waals surface area contributed by atoms with Crippen LogP contribution in [0.25, 0.3) is 0 Å². The van der Waals surface area contributed by atoms with Gasteiger partial charge in [0.1, 0.15) is 0 Å². The summed E-state index contributed by atoms with van der Waals surface area (Å²) >= 11 is 5.96. The van der Waals surface area contributed by atoms with E-state index in [-0.39, 0.29) is 5.91 Å². The van der Waals surface area contributed by atoms with Crippen LogP contribution in [0.4, 0.5) is 0 Å². The number of rotatable bonds is 2. The molecule has 1 heterocycles. The predicted molar refractivity (Wildman–Crippen MR) is 75.6 cm³/mol. The molecule has 1 aromatic heterocycles. The fourth-order valence-corrected chi connectivity index (χ4v) is 2.73. The molecule has 0 unspecified atom stereocenters. The number of halogens is 1. The SMILES string of the molecule is O=C(N[C@@H]1c2ccccc2C[C@@H]1O)c1ccncc1Cl. The van der Waals surface area contributed by atoms with Crippen molar-refractivity contribution in [2.45, 2.75) is 18.6 Å². The summed E-state index contributed by atoms with van der Waals surface area (Å²) in [5.74, 6) is -0.307. The number of nitrogens with one attached hydrogen (secondary N) is 1. The van der Waals surface area contributed by atoms with Crippen molar-refractivity contribution in [3.8, 4) is 0 Å². The summed E-state index contributed by atoms with van der Waals surface area (Å²) in [5, 5.41) is 13.3. The van der Waals surface area contributed by atoms with Crippen molar-refractivity contribution in [3.63, 3.8) is 0 Å². The highest BCUT2D eigenvalue weighted by molar-refractivity contribution is 6.33. The van der Waals surface area contributed by atoms with Gasteiger partial charge in [0.25, 0.3) is 5.91 Å². The minimum atomic E-state index is -0.614. The van der Waals surface area contributed by atoms with Gasteiger partial charge in [0.05, 0.1) is 22.7 Å². The van der Waals surface area contributed by atoms with Gasteiger partial charge in [-0.15, -0.1) is 0 Å². The van der Waals surface area contributed by atoms with Crippen LogP contribution >= 0.6 is 11.6 Å². The van der Waals surface area contributed by atoms with Crippen LogP contribution in [-0.2, 0) is 6.42 Å². The van der Waals surface area contributed by atoms with E-state index in [2.05, 4.69) is 10.3 Å². The second-order valence-corrected chi connectivity index (χ2v) is 5.18. The van der Waals surface area contributed by atoms with Crippen LogP contribution < -0.4 is 5.32 Å². The molecule has 2 atom stereocenters. The fraction of sp³-hybridized carbons (Fsp3) is 0.200. The molecule has 0 aliphatic heterocycles. The molecule has 1 aliphatic carbocycles. The molecular weight excluding hydrogens is 276 g/mol. The number of benzene rings is 1. The summed E-state index contributed by atoms with van der Waals surface area (Å²) in [6.07, 6.45) is 2.87. The smallest absolute Gasteiger partial charge is 0.253 e. The normalized spacial score (nSPS) is 20.5. The number of hydrogen-bond donors (Lipinski definition) is 2. The summed E-state index contributed by atoms with van der Waals surface area (Å²) in [5.41, 5.74) is 2.38. The molecule has 3 rings (SSSR count). The molecule has 0 radical (unpaired) electrons. The highest BCUT2D eigenvalue weighted by Crippen LogP contribution is 2.31. The average Bonchev–Trinajstić information content (AvgIpc) is 2.76. The molecular formula is C15H13ClN2O2. The van der Waals surface area contributed by atoms with Crippen molar-refractivity contribution in [1.82, 2.24) is 10.3 Å². The van der Waals surface area contributed by atoms with E-state index in [1.807, 2.05) is 24.3 Å². The molecule has 0 fully saturated rings. The van der Waals surface area contributed by atoms with E-state index in [0.717, 1.165) is 11.1 Å². The molecule has 1 amide bonds. The second-order valence-electron chi connectivity index (χ2n) is 4.78. The Labute approximate surface area is 121 Å². The molecule has 5 heteroatoms. The first-order valence-electron chi connectivity index (χ1n) is 6.33. The van der Waals surface area contributed by atoms with E-state index >= 15 is 0 Å². The number of aliphatic hydroxyl groups is 1. The van der Waals surface area contributed by atoms with Gasteiger partial charge in [-0.1, -0.05) is 35.9 Å². The number of pyridine rings is 1. The third kappa shape index (κ3) is 2.28. The number of fused-ring (bicyclic) bond motifs is 1. The average molecular weight is 289 g/mol. The molecule has 1 aliphatic rings. The van der Waals surface area contributed by atoms with Gasteiger partial charge >= 0.3 is 0 Å². The number of aliphatic hydroxyl groups excluding tert-OH is 1. The number of nitrogens with zero attached hydrogens (tertiary/aromatic N) is 1. The first kappa shape index (κ1) is 13.1. The van der Waals surface area contributed by atoms with Gasteiger partial charge in [0.15, 0.2) is 0 Å². The maximum absolute atomic E-state index is 12.2. The molecule has 0 saturated carbocycles. The Balaban J connectivity index is 1.85. The summed E-state index contributed by atoms with van der Waals surface area (Å²) in [6.45, 7) is 0.